The van der Waals surface area contributed by atoms with Crippen molar-refractivity contribution in [1.82, 2.24) is 10.2 Å². The molecule has 0 spiro atoms. The van der Waals surface area contributed by atoms with E-state index in [0.29, 0.717) is 0 Å². The quantitative estimate of drug-likeness (QED) is 0.853. The zero-order chi connectivity index (χ0) is 16.1. The van der Waals surface area contributed by atoms with Gasteiger partial charge in [-0.3, -0.25) is 4.90 Å². The average Bonchev–Trinajstić information content (AvgIpc) is 2.96. The number of nitrogens with zero attached hydrogens (tertiary/aromatic N) is 1. The molecule has 3 rings (SSSR count). The summed E-state index contributed by atoms with van der Waals surface area (Å²) >= 11 is 1.81. The molecule has 1 aromatic heterocycles. The first-order chi connectivity index (χ1) is 11.2. The van der Waals surface area contributed by atoms with Crippen LogP contribution < -0.4 is 5.32 Å². The Morgan fingerprint density at radius 3 is 2.48 bits per heavy atom. The summed E-state index contributed by atoms with van der Waals surface area (Å²) in [6.45, 7) is 7.00. The van der Waals surface area contributed by atoms with Crippen LogP contribution in [0.4, 0.5) is 0 Å². The summed E-state index contributed by atoms with van der Waals surface area (Å²) in [4.78, 5) is 3.85. The standard InChI is InChI=1S/C19H26N2OS/c1-15-16(8-11-23-15)12-20-13-17-4-2-3-5-18(17)14-21-9-6-19(22)7-10-21/h2-5,8,11,19-20,22H,6-7,9-10,12-14H2,1H3. The molecule has 0 radical (unpaired) electrons. The molecule has 0 bridgehead atoms. The highest BCUT2D eigenvalue weighted by atomic mass is 32.1. The number of thiophene rings is 1. The molecule has 1 aliphatic rings. The number of aliphatic hydroxyl groups excluding tert-OH is 1. The minimum Gasteiger partial charge on any atom is -0.393 e. The van der Waals surface area contributed by atoms with Gasteiger partial charge in [0.05, 0.1) is 6.10 Å². The summed E-state index contributed by atoms with van der Waals surface area (Å²) in [6.07, 6.45) is 1.70. The lowest BCUT2D eigenvalue weighted by molar-refractivity contribution is 0.0791. The predicted octanol–water partition coefficient (Wildman–Crippen LogP) is 3.30. The van der Waals surface area contributed by atoms with Crippen LogP contribution in [-0.2, 0) is 19.6 Å². The lowest BCUT2D eigenvalue weighted by Crippen LogP contribution is -2.35. The van der Waals surface area contributed by atoms with E-state index in [1.54, 1.807) is 0 Å². The first-order valence-corrected chi connectivity index (χ1v) is 9.31. The van der Waals surface area contributed by atoms with Crippen molar-refractivity contribution in [2.45, 2.75) is 45.5 Å². The molecule has 4 heteroatoms. The maximum atomic E-state index is 9.64. The van der Waals surface area contributed by atoms with Crippen molar-refractivity contribution in [1.29, 1.82) is 0 Å². The molecule has 2 heterocycles. The van der Waals surface area contributed by atoms with Gasteiger partial charge < -0.3 is 10.4 Å². The van der Waals surface area contributed by atoms with E-state index in [-0.39, 0.29) is 6.10 Å². The van der Waals surface area contributed by atoms with Crippen LogP contribution in [0.5, 0.6) is 0 Å². The number of likely N-dealkylation sites (tertiary alicyclic amines) is 1. The Bertz CT molecular complexity index is 617. The summed E-state index contributed by atoms with van der Waals surface area (Å²) in [6, 6.07) is 10.9. The van der Waals surface area contributed by atoms with Crippen molar-refractivity contribution in [3.63, 3.8) is 0 Å². The second-order valence-corrected chi connectivity index (χ2v) is 7.50. The summed E-state index contributed by atoms with van der Waals surface area (Å²) in [5.41, 5.74) is 4.18. The Morgan fingerprint density at radius 1 is 1.09 bits per heavy atom. The van der Waals surface area contributed by atoms with E-state index in [2.05, 4.69) is 52.9 Å². The molecule has 3 nitrogen and oxygen atoms in total. The zero-order valence-electron chi connectivity index (χ0n) is 13.8. The lowest BCUT2D eigenvalue weighted by atomic mass is 10.0. The molecule has 23 heavy (non-hydrogen) atoms. The highest BCUT2D eigenvalue weighted by molar-refractivity contribution is 7.10. The van der Waals surface area contributed by atoms with Crippen molar-refractivity contribution in [2.75, 3.05) is 13.1 Å². The van der Waals surface area contributed by atoms with Gasteiger partial charge in [0.15, 0.2) is 0 Å². The molecule has 0 aliphatic carbocycles. The maximum absolute atomic E-state index is 9.64. The minimum atomic E-state index is -0.1000. The Labute approximate surface area is 143 Å². The minimum absolute atomic E-state index is 0.1000. The summed E-state index contributed by atoms with van der Waals surface area (Å²) < 4.78 is 0. The van der Waals surface area contributed by atoms with Gasteiger partial charge in [-0.1, -0.05) is 24.3 Å². The van der Waals surface area contributed by atoms with Gasteiger partial charge in [0.25, 0.3) is 0 Å². The number of benzene rings is 1. The van der Waals surface area contributed by atoms with Crippen LogP contribution in [0, 0.1) is 6.92 Å². The fourth-order valence-corrected chi connectivity index (χ4v) is 3.86. The van der Waals surface area contributed by atoms with Crippen LogP contribution >= 0.6 is 11.3 Å². The molecule has 0 unspecified atom stereocenters. The van der Waals surface area contributed by atoms with Crippen LogP contribution in [0.15, 0.2) is 35.7 Å². The van der Waals surface area contributed by atoms with Crippen molar-refractivity contribution < 1.29 is 5.11 Å². The van der Waals surface area contributed by atoms with Gasteiger partial charge in [0, 0.05) is 37.6 Å². The van der Waals surface area contributed by atoms with Crippen LogP contribution in [-0.4, -0.2) is 29.2 Å². The number of nitrogens with one attached hydrogen (secondary N) is 1. The second-order valence-electron chi connectivity index (χ2n) is 6.38. The molecule has 1 aromatic carbocycles. The van der Waals surface area contributed by atoms with E-state index in [9.17, 15) is 5.11 Å². The topological polar surface area (TPSA) is 35.5 Å². The Kier molecular flexibility index (Phi) is 5.84. The lowest BCUT2D eigenvalue weighted by Gasteiger charge is -2.30. The Hall–Kier alpha value is -1.20. The van der Waals surface area contributed by atoms with Crippen LogP contribution in [0.1, 0.15) is 34.4 Å². The molecule has 0 saturated carbocycles. The Morgan fingerprint density at radius 2 is 1.78 bits per heavy atom. The molecule has 0 atom stereocenters. The number of aryl methyl sites for hydroxylation is 1. The third-order valence-electron chi connectivity index (χ3n) is 4.67. The zero-order valence-corrected chi connectivity index (χ0v) is 14.6. The van der Waals surface area contributed by atoms with Crippen LogP contribution in [0.3, 0.4) is 0 Å². The molecule has 0 amide bonds. The van der Waals surface area contributed by atoms with Gasteiger partial charge in [-0.25, -0.2) is 0 Å². The van der Waals surface area contributed by atoms with Gasteiger partial charge >= 0.3 is 0 Å². The third kappa shape index (κ3) is 4.64. The van der Waals surface area contributed by atoms with Gasteiger partial charge in [0.1, 0.15) is 0 Å². The molecular formula is C19H26N2OS. The van der Waals surface area contributed by atoms with E-state index < -0.39 is 0 Å². The fraction of sp³-hybridized carbons (Fsp3) is 0.474. The number of rotatable bonds is 6. The summed E-state index contributed by atoms with van der Waals surface area (Å²) in [7, 11) is 0. The largest absolute Gasteiger partial charge is 0.393 e. The average molecular weight is 330 g/mol. The molecule has 124 valence electrons. The molecule has 1 aliphatic heterocycles. The van der Waals surface area contributed by atoms with E-state index in [0.717, 1.165) is 45.6 Å². The third-order valence-corrected chi connectivity index (χ3v) is 5.55. The van der Waals surface area contributed by atoms with E-state index in [1.807, 2.05) is 11.3 Å². The fourth-order valence-electron chi connectivity index (χ4n) is 3.13. The Balaban J connectivity index is 1.56. The first-order valence-electron chi connectivity index (χ1n) is 8.43. The highest BCUT2D eigenvalue weighted by Crippen LogP contribution is 2.18. The smallest absolute Gasteiger partial charge is 0.0564 e. The van der Waals surface area contributed by atoms with E-state index in [4.69, 9.17) is 0 Å². The van der Waals surface area contributed by atoms with Crippen molar-refractivity contribution in [3.05, 3.63) is 57.3 Å². The van der Waals surface area contributed by atoms with Gasteiger partial charge in [-0.05, 0) is 47.9 Å². The van der Waals surface area contributed by atoms with Crippen LogP contribution in [0.25, 0.3) is 0 Å². The second kappa shape index (κ2) is 8.06. The van der Waals surface area contributed by atoms with Crippen molar-refractivity contribution in [3.8, 4) is 0 Å². The molecule has 2 aromatic rings. The first kappa shape index (κ1) is 16.7. The predicted molar refractivity (Wildman–Crippen MR) is 96.6 cm³/mol. The number of piperidine rings is 1. The molecule has 1 saturated heterocycles. The molecule has 1 fully saturated rings. The van der Waals surface area contributed by atoms with E-state index in [1.165, 1.54) is 21.6 Å². The van der Waals surface area contributed by atoms with Gasteiger partial charge in [0.2, 0.25) is 0 Å². The summed E-state index contributed by atoms with van der Waals surface area (Å²) in [5, 5.41) is 15.4. The van der Waals surface area contributed by atoms with Crippen LogP contribution in [0.2, 0.25) is 0 Å². The maximum Gasteiger partial charge on any atom is 0.0564 e. The van der Waals surface area contributed by atoms with Crippen molar-refractivity contribution >= 4 is 11.3 Å². The molecule has 2 N–H and O–H groups in total. The van der Waals surface area contributed by atoms with E-state index >= 15 is 0 Å². The normalized spacial score (nSPS) is 16.8. The van der Waals surface area contributed by atoms with Crippen molar-refractivity contribution in [2.24, 2.45) is 0 Å². The van der Waals surface area contributed by atoms with Gasteiger partial charge in [-0.15, -0.1) is 11.3 Å². The van der Waals surface area contributed by atoms with Gasteiger partial charge in [-0.2, -0.15) is 0 Å². The number of hydrogen-bond donors (Lipinski definition) is 2. The molecular weight excluding hydrogens is 304 g/mol. The highest BCUT2D eigenvalue weighted by Gasteiger charge is 2.17. The number of hydrogen-bond acceptors (Lipinski definition) is 4. The summed E-state index contributed by atoms with van der Waals surface area (Å²) in [5.74, 6) is 0. The number of aliphatic hydroxyl groups is 1. The monoisotopic (exact) mass is 330 g/mol. The SMILES string of the molecule is Cc1sccc1CNCc1ccccc1CN1CCC(O)CC1.